The summed E-state index contributed by atoms with van der Waals surface area (Å²) in [6.45, 7) is -0.204. The summed E-state index contributed by atoms with van der Waals surface area (Å²) in [7, 11) is 1.37. The summed E-state index contributed by atoms with van der Waals surface area (Å²) >= 11 is 0. The Hall–Kier alpha value is -0.580. The Balaban J connectivity index is 2.55. The van der Waals surface area contributed by atoms with Gasteiger partial charge in [0.15, 0.2) is 6.61 Å². The first kappa shape index (κ1) is 7.53. The molecule has 0 bridgehead atoms. The summed E-state index contributed by atoms with van der Waals surface area (Å²) in [5.74, 6) is -1.38. The van der Waals surface area contributed by atoms with Gasteiger partial charge in [0.1, 0.15) is 0 Å². The highest BCUT2D eigenvalue weighted by Crippen LogP contribution is 2.17. The van der Waals surface area contributed by atoms with Crippen LogP contribution in [0.25, 0.3) is 0 Å². The molecule has 0 saturated heterocycles. The van der Waals surface area contributed by atoms with E-state index >= 15 is 0 Å². The van der Waals surface area contributed by atoms with Crippen molar-refractivity contribution < 1.29 is 19.3 Å². The van der Waals surface area contributed by atoms with Crippen molar-refractivity contribution in [3.05, 3.63) is 12.3 Å². The van der Waals surface area contributed by atoms with Crippen LogP contribution in [-0.4, -0.2) is 26.3 Å². The maximum absolute atomic E-state index is 10.4. The zero-order chi connectivity index (χ0) is 7.45. The lowest BCUT2D eigenvalue weighted by Gasteiger charge is -2.29. The van der Waals surface area contributed by atoms with Crippen LogP contribution >= 0.6 is 0 Å². The molecule has 0 fully saturated rings. The predicted octanol–water partition coefficient (Wildman–Crippen LogP) is 0.278. The van der Waals surface area contributed by atoms with E-state index in [2.05, 4.69) is 0 Å². The number of methoxy groups -OCH3 is 1. The first-order chi connectivity index (χ1) is 4.83. The van der Waals surface area contributed by atoms with Gasteiger partial charge in [-0.2, -0.15) is 0 Å². The van der Waals surface area contributed by atoms with Crippen LogP contribution in [-0.2, 0) is 19.3 Å². The topological polar surface area (TPSA) is 47.6 Å². The van der Waals surface area contributed by atoms with Crippen LogP contribution in [0.4, 0.5) is 0 Å². The summed E-state index contributed by atoms with van der Waals surface area (Å²) in [4.78, 5) is 0. The molecule has 0 spiro atoms. The normalized spacial score (nSPS) is 31.8. The molecule has 0 aromatic heterocycles. The minimum Gasteiger partial charge on any atom is -0.445 e. The van der Waals surface area contributed by atoms with Crippen LogP contribution in [0.1, 0.15) is 0 Å². The van der Waals surface area contributed by atoms with Crippen LogP contribution in [0.2, 0.25) is 0 Å². The van der Waals surface area contributed by atoms with Crippen molar-refractivity contribution in [3.8, 4) is 0 Å². The second-order valence-corrected chi connectivity index (χ2v) is 1.83. The van der Waals surface area contributed by atoms with Gasteiger partial charge in [0.05, 0.1) is 12.9 Å². The van der Waals surface area contributed by atoms with E-state index in [0.29, 0.717) is 6.61 Å². The molecule has 0 aromatic rings. The summed E-state index contributed by atoms with van der Waals surface area (Å²) in [5.41, 5.74) is 0. The molecule has 0 aromatic carbocycles. The van der Waals surface area contributed by atoms with Crippen LogP contribution in [0.15, 0.2) is 12.3 Å². The fourth-order valence-corrected chi connectivity index (χ4v) is 0.642. The van der Waals surface area contributed by atoms with Crippen LogP contribution in [0.5, 0.6) is 0 Å². The lowest BCUT2D eigenvalue weighted by atomic mass is 10.5. The first-order valence-electron chi connectivity index (χ1n) is 2.93. The van der Waals surface area contributed by atoms with Gasteiger partial charge >= 0.3 is 5.97 Å². The van der Waals surface area contributed by atoms with Crippen molar-refractivity contribution in [2.45, 2.75) is 5.97 Å². The van der Waals surface area contributed by atoms with E-state index in [1.807, 2.05) is 0 Å². The number of rotatable bonds is 2. The Morgan fingerprint density at radius 3 is 2.90 bits per heavy atom. The Morgan fingerprint density at radius 2 is 2.60 bits per heavy atom. The standard InChI is InChI=1S/C6H9O4/c1-8-6(5-7)9-3-2-4-10-6/h2-3H,4-5H2,1H3. The Morgan fingerprint density at radius 1 is 1.80 bits per heavy atom. The average molecular weight is 145 g/mol. The molecule has 1 heterocycles. The average Bonchev–Trinajstić information content (AvgIpc) is 2.06. The Bertz CT molecular complexity index is 128. The minimum absolute atomic E-state index is 0.357. The van der Waals surface area contributed by atoms with Crippen molar-refractivity contribution in [3.63, 3.8) is 0 Å². The number of hydrogen-bond donors (Lipinski definition) is 0. The highest BCUT2D eigenvalue weighted by atomic mass is 16.9. The van der Waals surface area contributed by atoms with E-state index in [1.54, 1.807) is 6.08 Å². The van der Waals surface area contributed by atoms with Crippen LogP contribution in [0, 0.1) is 0 Å². The lowest BCUT2D eigenvalue weighted by Crippen LogP contribution is -2.41. The molecule has 0 amide bonds. The van der Waals surface area contributed by atoms with Gasteiger partial charge in [-0.05, 0) is 6.08 Å². The fourth-order valence-electron chi connectivity index (χ4n) is 0.642. The van der Waals surface area contributed by atoms with E-state index in [-0.39, 0.29) is 0 Å². The maximum atomic E-state index is 10.4. The number of hydrogen-bond acceptors (Lipinski definition) is 3. The summed E-state index contributed by atoms with van der Waals surface area (Å²) in [6.07, 6.45) is 3.07. The second-order valence-electron chi connectivity index (χ2n) is 1.83. The largest absolute Gasteiger partial charge is 0.445 e. The Labute approximate surface area is 59.0 Å². The van der Waals surface area contributed by atoms with Gasteiger partial charge in [0, 0.05) is 7.11 Å². The van der Waals surface area contributed by atoms with E-state index in [9.17, 15) is 5.11 Å². The van der Waals surface area contributed by atoms with E-state index in [0.717, 1.165) is 0 Å². The molecule has 1 aliphatic rings. The summed E-state index contributed by atoms with van der Waals surface area (Å²) < 4.78 is 14.5. The van der Waals surface area contributed by atoms with Gasteiger partial charge in [-0.3, -0.25) is 0 Å². The fraction of sp³-hybridized carbons (Fsp3) is 0.667. The quantitative estimate of drug-likeness (QED) is 0.560. The number of ether oxygens (including phenoxy) is 3. The van der Waals surface area contributed by atoms with Crippen molar-refractivity contribution in [2.75, 3.05) is 20.3 Å². The molecule has 0 N–H and O–H groups in total. The smallest absolute Gasteiger partial charge is 0.354 e. The molecular formula is C6H9O4. The molecule has 0 saturated carbocycles. The summed E-state index contributed by atoms with van der Waals surface area (Å²) in [6, 6.07) is 0. The third-order valence-electron chi connectivity index (χ3n) is 1.23. The molecule has 10 heavy (non-hydrogen) atoms. The van der Waals surface area contributed by atoms with Gasteiger partial charge in [-0.25, -0.2) is 5.11 Å². The molecular weight excluding hydrogens is 136 g/mol. The third-order valence-corrected chi connectivity index (χ3v) is 1.23. The van der Waals surface area contributed by atoms with Crippen molar-refractivity contribution in [2.24, 2.45) is 0 Å². The summed E-state index contributed by atoms with van der Waals surface area (Å²) in [5, 5.41) is 10.4. The third kappa shape index (κ3) is 1.29. The molecule has 57 valence electrons. The van der Waals surface area contributed by atoms with Gasteiger partial charge in [-0.15, -0.1) is 0 Å². The van der Waals surface area contributed by atoms with E-state index < -0.39 is 12.6 Å². The zero-order valence-electron chi connectivity index (χ0n) is 5.70. The van der Waals surface area contributed by atoms with Gasteiger partial charge in [-0.1, -0.05) is 0 Å². The molecule has 1 unspecified atom stereocenters. The molecule has 1 atom stereocenters. The highest BCUT2D eigenvalue weighted by Gasteiger charge is 2.33. The molecule has 1 radical (unpaired) electrons. The van der Waals surface area contributed by atoms with Gasteiger partial charge in [0.25, 0.3) is 0 Å². The highest BCUT2D eigenvalue weighted by molar-refractivity contribution is 4.80. The van der Waals surface area contributed by atoms with E-state index in [1.165, 1.54) is 13.4 Å². The van der Waals surface area contributed by atoms with Gasteiger partial charge < -0.3 is 14.2 Å². The van der Waals surface area contributed by atoms with Crippen molar-refractivity contribution in [1.82, 2.24) is 0 Å². The molecule has 4 nitrogen and oxygen atoms in total. The van der Waals surface area contributed by atoms with Crippen LogP contribution in [0.3, 0.4) is 0 Å². The van der Waals surface area contributed by atoms with Crippen LogP contribution < -0.4 is 0 Å². The molecule has 4 heteroatoms. The second kappa shape index (κ2) is 3.01. The van der Waals surface area contributed by atoms with Crippen molar-refractivity contribution in [1.29, 1.82) is 0 Å². The monoisotopic (exact) mass is 145 g/mol. The first-order valence-corrected chi connectivity index (χ1v) is 2.93. The minimum atomic E-state index is -1.38. The lowest BCUT2D eigenvalue weighted by molar-refractivity contribution is -0.372. The predicted molar refractivity (Wildman–Crippen MR) is 31.5 cm³/mol. The molecule has 0 aliphatic carbocycles. The molecule has 1 rings (SSSR count). The maximum Gasteiger partial charge on any atom is 0.354 e. The molecule has 1 aliphatic heterocycles. The van der Waals surface area contributed by atoms with Crippen molar-refractivity contribution >= 4 is 0 Å². The Kier molecular flexibility index (Phi) is 2.26. The van der Waals surface area contributed by atoms with E-state index in [4.69, 9.17) is 14.2 Å². The zero-order valence-corrected chi connectivity index (χ0v) is 5.70. The SMILES string of the molecule is COC1(C[O])OC=CCO1. The van der Waals surface area contributed by atoms with Gasteiger partial charge in [0.2, 0.25) is 0 Å².